The quantitative estimate of drug-likeness (QED) is 0.528. The van der Waals surface area contributed by atoms with E-state index >= 15 is 0 Å². The molecule has 4 rings (SSSR count). The summed E-state index contributed by atoms with van der Waals surface area (Å²) in [7, 11) is 0. The van der Waals surface area contributed by atoms with Crippen LogP contribution in [0.1, 0.15) is 11.1 Å². The molecule has 2 aromatic heterocycles. The molecule has 0 aliphatic rings. The van der Waals surface area contributed by atoms with E-state index in [2.05, 4.69) is 21.1 Å². The van der Waals surface area contributed by atoms with E-state index in [1.54, 1.807) is 10.9 Å². The monoisotopic (exact) mass is 350 g/mol. The molecule has 0 radical (unpaired) electrons. The van der Waals surface area contributed by atoms with Crippen LogP contribution < -0.4 is 4.74 Å². The summed E-state index contributed by atoms with van der Waals surface area (Å²) >= 11 is 6.09. The van der Waals surface area contributed by atoms with E-state index in [0.717, 1.165) is 28.0 Å². The second-order valence-corrected chi connectivity index (χ2v) is 6.26. The fraction of sp³-hybridized carbons (Fsp3) is 0.105. The van der Waals surface area contributed by atoms with Crippen molar-refractivity contribution >= 4 is 22.6 Å². The fourth-order valence-corrected chi connectivity index (χ4v) is 2.81. The summed E-state index contributed by atoms with van der Waals surface area (Å²) < 4.78 is 7.77. The van der Waals surface area contributed by atoms with Crippen molar-refractivity contribution in [2.24, 2.45) is 0 Å². The summed E-state index contributed by atoms with van der Waals surface area (Å²) in [6, 6.07) is 13.5. The maximum atomic E-state index is 6.09. The van der Waals surface area contributed by atoms with Gasteiger partial charge in [-0.3, -0.25) is 0 Å². The highest BCUT2D eigenvalue weighted by Gasteiger charge is 2.14. The zero-order valence-electron chi connectivity index (χ0n) is 13.8. The number of fused-ring (bicyclic) bond motifs is 1. The predicted molar refractivity (Wildman–Crippen MR) is 97.7 cm³/mol. The molecule has 0 unspecified atom stereocenters. The Balaban J connectivity index is 1.80. The average Bonchev–Trinajstić information content (AvgIpc) is 3.03. The lowest BCUT2D eigenvalue weighted by Gasteiger charge is -2.09. The van der Waals surface area contributed by atoms with E-state index in [4.69, 9.17) is 16.3 Å². The lowest BCUT2D eigenvalue weighted by Crippen LogP contribution is -1.98. The summed E-state index contributed by atoms with van der Waals surface area (Å²) in [4.78, 5) is 8.64. The lowest BCUT2D eigenvalue weighted by atomic mass is 10.1. The van der Waals surface area contributed by atoms with Gasteiger partial charge in [0.15, 0.2) is 5.65 Å². The zero-order valence-corrected chi connectivity index (χ0v) is 14.5. The molecule has 0 saturated carbocycles. The maximum absolute atomic E-state index is 6.09. The summed E-state index contributed by atoms with van der Waals surface area (Å²) in [5.41, 5.74) is 3.66. The van der Waals surface area contributed by atoms with Gasteiger partial charge in [0.05, 0.1) is 11.9 Å². The van der Waals surface area contributed by atoms with E-state index in [-0.39, 0.29) is 0 Å². The second-order valence-electron chi connectivity index (χ2n) is 5.82. The van der Waals surface area contributed by atoms with Crippen LogP contribution in [0.4, 0.5) is 0 Å². The zero-order chi connectivity index (χ0) is 17.4. The van der Waals surface area contributed by atoms with Crippen LogP contribution in [0.2, 0.25) is 5.02 Å². The Hall–Kier alpha value is -2.92. The fourth-order valence-electron chi connectivity index (χ4n) is 2.62. The SMILES string of the molecule is Cc1ccc(C)c(Oc2ncnc3c2cnn3-c2cccc(Cl)c2)c1. The molecule has 0 aliphatic heterocycles. The van der Waals surface area contributed by atoms with Gasteiger partial charge < -0.3 is 4.74 Å². The smallest absolute Gasteiger partial charge is 0.233 e. The first-order valence-electron chi connectivity index (χ1n) is 7.81. The van der Waals surface area contributed by atoms with Crippen LogP contribution in [0, 0.1) is 13.8 Å². The Bertz CT molecular complexity index is 1070. The van der Waals surface area contributed by atoms with Gasteiger partial charge >= 0.3 is 0 Å². The molecule has 0 fully saturated rings. The molecule has 0 saturated heterocycles. The van der Waals surface area contributed by atoms with Gasteiger partial charge in [-0.15, -0.1) is 0 Å². The van der Waals surface area contributed by atoms with E-state index in [1.807, 2.05) is 50.2 Å². The number of halogens is 1. The van der Waals surface area contributed by atoms with Crippen LogP contribution in [0.25, 0.3) is 16.7 Å². The van der Waals surface area contributed by atoms with Gasteiger partial charge in [-0.2, -0.15) is 5.10 Å². The van der Waals surface area contributed by atoms with E-state index in [1.165, 1.54) is 6.33 Å². The highest BCUT2D eigenvalue weighted by Crippen LogP contribution is 2.30. The number of nitrogens with zero attached hydrogens (tertiary/aromatic N) is 4. The number of ether oxygens (including phenoxy) is 1. The molecule has 0 N–H and O–H groups in total. The molecule has 0 spiro atoms. The Labute approximate surface area is 149 Å². The first-order valence-corrected chi connectivity index (χ1v) is 8.19. The molecular formula is C19H15ClN4O. The number of benzene rings is 2. The molecule has 0 amide bonds. The third-order valence-electron chi connectivity index (χ3n) is 3.93. The van der Waals surface area contributed by atoms with Gasteiger partial charge in [0, 0.05) is 5.02 Å². The standard InChI is InChI=1S/C19H15ClN4O/c1-12-6-7-13(2)17(8-12)25-19-16-10-23-24(18(16)21-11-22-19)15-5-3-4-14(20)9-15/h3-11H,1-2H3. The van der Waals surface area contributed by atoms with Crippen molar-refractivity contribution in [1.29, 1.82) is 0 Å². The Morgan fingerprint density at radius 2 is 1.92 bits per heavy atom. The van der Waals surface area contributed by atoms with Crippen molar-refractivity contribution < 1.29 is 4.74 Å². The predicted octanol–water partition coefficient (Wildman–Crippen LogP) is 4.88. The van der Waals surface area contributed by atoms with E-state index in [9.17, 15) is 0 Å². The molecule has 0 bridgehead atoms. The molecule has 4 aromatic rings. The van der Waals surface area contributed by atoms with Crippen molar-refractivity contribution in [2.45, 2.75) is 13.8 Å². The molecule has 6 heteroatoms. The molecule has 0 atom stereocenters. The summed E-state index contributed by atoms with van der Waals surface area (Å²) in [5, 5.41) is 5.80. The van der Waals surface area contributed by atoms with Gasteiger partial charge in [0.1, 0.15) is 17.5 Å². The second kappa shape index (κ2) is 6.18. The molecule has 2 aromatic carbocycles. The van der Waals surface area contributed by atoms with E-state index < -0.39 is 0 Å². The molecular weight excluding hydrogens is 336 g/mol. The van der Waals surface area contributed by atoms with Crippen molar-refractivity contribution in [1.82, 2.24) is 19.7 Å². The highest BCUT2D eigenvalue weighted by atomic mass is 35.5. The Morgan fingerprint density at radius 3 is 2.76 bits per heavy atom. The highest BCUT2D eigenvalue weighted by molar-refractivity contribution is 6.30. The summed E-state index contributed by atoms with van der Waals surface area (Å²) in [6.07, 6.45) is 3.18. The largest absolute Gasteiger partial charge is 0.438 e. The van der Waals surface area contributed by atoms with Gasteiger partial charge in [0.2, 0.25) is 5.88 Å². The minimum atomic E-state index is 0.479. The molecule has 5 nitrogen and oxygen atoms in total. The van der Waals surface area contributed by atoms with Crippen LogP contribution in [0.3, 0.4) is 0 Å². The molecule has 0 aliphatic carbocycles. The normalized spacial score (nSPS) is 11.0. The minimum Gasteiger partial charge on any atom is -0.438 e. The first-order chi connectivity index (χ1) is 12.1. The summed E-state index contributed by atoms with van der Waals surface area (Å²) in [6.45, 7) is 4.03. The maximum Gasteiger partial charge on any atom is 0.233 e. The number of rotatable bonds is 3. The van der Waals surface area contributed by atoms with Gasteiger partial charge in [-0.25, -0.2) is 14.6 Å². The average molecular weight is 351 g/mol. The van der Waals surface area contributed by atoms with Crippen molar-refractivity contribution in [3.63, 3.8) is 0 Å². The number of hydrogen-bond donors (Lipinski definition) is 0. The topological polar surface area (TPSA) is 52.8 Å². The Morgan fingerprint density at radius 1 is 1.04 bits per heavy atom. The van der Waals surface area contributed by atoms with Crippen LogP contribution in [-0.2, 0) is 0 Å². The molecule has 2 heterocycles. The lowest BCUT2D eigenvalue weighted by molar-refractivity contribution is 0.464. The minimum absolute atomic E-state index is 0.479. The molecule has 124 valence electrons. The third kappa shape index (κ3) is 2.94. The third-order valence-corrected chi connectivity index (χ3v) is 4.17. The van der Waals surface area contributed by atoms with Gasteiger partial charge in [0.25, 0.3) is 0 Å². The number of aryl methyl sites for hydroxylation is 2. The van der Waals surface area contributed by atoms with Crippen LogP contribution >= 0.6 is 11.6 Å². The summed E-state index contributed by atoms with van der Waals surface area (Å²) in [5.74, 6) is 1.25. The van der Waals surface area contributed by atoms with Crippen molar-refractivity contribution in [3.8, 4) is 17.3 Å². The van der Waals surface area contributed by atoms with Crippen molar-refractivity contribution in [3.05, 3.63) is 71.1 Å². The Kier molecular flexibility index (Phi) is 3.86. The van der Waals surface area contributed by atoms with Crippen LogP contribution in [0.15, 0.2) is 55.0 Å². The van der Waals surface area contributed by atoms with E-state index in [0.29, 0.717) is 16.5 Å². The van der Waals surface area contributed by atoms with Crippen molar-refractivity contribution in [2.75, 3.05) is 0 Å². The number of hydrogen-bond acceptors (Lipinski definition) is 4. The molecule has 25 heavy (non-hydrogen) atoms. The number of aromatic nitrogens is 4. The first kappa shape index (κ1) is 15.6. The van der Waals surface area contributed by atoms with Gasteiger partial charge in [-0.1, -0.05) is 29.8 Å². The van der Waals surface area contributed by atoms with Crippen LogP contribution in [0.5, 0.6) is 11.6 Å². The van der Waals surface area contributed by atoms with Gasteiger partial charge in [-0.05, 0) is 49.2 Å². The van der Waals surface area contributed by atoms with Crippen LogP contribution in [-0.4, -0.2) is 19.7 Å².